The van der Waals surface area contributed by atoms with E-state index in [2.05, 4.69) is 5.32 Å². The molecule has 104 valence electrons. The van der Waals surface area contributed by atoms with E-state index in [4.69, 9.17) is 0 Å². The second-order valence-electron chi connectivity index (χ2n) is 4.34. The van der Waals surface area contributed by atoms with E-state index in [1.54, 1.807) is 25.1 Å². The predicted octanol–water partition coefficient (Wildman–Crippen LogP) is 3.61. The van der Waals surface area contributed by atoms with Crippen LogP contribution in [0.3, 0.4) is 0 Å². The van der Waals surface area contributed by atoms with Gasteiger partial charge in [-0.15, -0.1) is 0 Å². The van der Waals surface area contributed by atoms with Crippen LogP contribution < -0.4 is 5.32 Å². The number of benzene rings is 2. The SMILES string of the molecule is CC(Nc1cc(F)ccc1[N+](=O)[O-])c1ccccc1O. The van der Waals surface area contributed by atoms with Crippen LogP contribution >= 0.6 is 0 Å². The molecule has 0 saturated heterocycles. The first-order valence-electron chi connectivity index (χ1n) is 5.97. The lowest BCUT2D eigenvalue weighted by atomic mass is 10.1. The molecule has 1 unspecified atom stereocenters. The number of nitrogens with zero attached hydrogens (tertiary/aromatic N) is 1. The lowest BCUT2D eigenvalue weighted by Crippen LogP contribution is -2.08. The van der Waals surface area contributed by atoms with Crippen LogP contribution in [-0.2, 0) is 0 Å². The van der Waals surface area contributed by atoms with Gasteiger partial charge in [-0.2, -0.15) is 0 Å². The zero-order chi connectivity index (χ0) is 14.7. The highest BCUT2D eigenvalue weighted by atomic mass is 19.1. The standard InChI is InChI=1S/C14H13FN2O3/c1-9(11-4-2-3-5-14(11)18)16-12-8-10(15)6-7-13(12)17(19)20/h2-9,16,18H,1H3. The summed E-state index contributed by atoms with van der Waals surface area (Å²) in [6, 6.07) is 9.43. The normalized spacial score (nSPS) is 11.9. The Morgan fingerprint density at radius 2 is 2.00 bits per heavy atom. The second kappa shape index (κ2) is 5.56. The number of rotatable bonds is 4. The molecule has 0 spiro atoms. The van der Waals surface area contributed by atoms with Gasteiger partial charge >= 0.3 is 0 Å². The van der Waals surface area contributed by atoms with Crippen LogP contribution in [0.4, 0.5) is 15.8 Å². The molecule has 0 aromatic heterocycles. The summed E-state index contributed by atoms with van der Waals surface area (Å²) < 4.78 is 13.2. The van der Waals surface area contributed by atoms with E-state index in [0.29, 0.717) is 5.56 Å². The van der Waals surface area contributed by atoms with E-state index in [1.807, 2.05) is 0 Å². The van der Waals surface area contributed by atoms with Crippen molar-refractivity contribution in [1.29, 1.82) is 0 Å². The fourth-order valence-electron chi connectivity index (χ4n) is 1.95. The Bertz CT molecular complexity index is 646. The van der Waals surface area contributed by atoms with Crippen molar-refractivity contribution >= 4 is 11.4 Å². The fourth-order valence-corrected chi connectivity index (χ4v) is 1.95. The number of aromatic hydroxyl groups is 1. The van der Waals surface area contributed by atoms with E-state index in [-0.39, 0.29) is 17.1 Å². The molecule has 0 fully saturated rings. The lowest BCUT2D eigenvalue weighted by molar-refractivity contribution is -0.384. The first kappa shape index (κ1) is 13.8. The molecule has 6 heteroatoms. The summed E-state index contributed by atoms with van der Waals surface area (Å²) in [5.41, 5.74) is 0.436. The Balaban J connectivity index is 2.32. The molecule has 0 heterocycles. The van der Waals surface area contributed by atoms with Crippen LogP contribution in [0, 0.1) is 15.9 Å². The minimum absolute atomic E-state index is 0.0748. The summed E-state index contributed by atoms with van der Waals surface area (Å²) in [5, 5.41) is 23.5. The smallest absolute Gasteiger partial charge is 0.292 e. The summed E-state index contributed by atoms with van der Waals surface area (Å²) in [6.45, 7) is 1.73. The summed E-state index contributed by atoms with van der Waals surface area (Å²) in [7, 11) is 0. The highest BCUT2D eigenvalue weighted by Crippen LogP contribution is 2.31. The van der Waals surface area contributed by atoms with E-state index in [9.17, 15) is 19.6 Å². The molecule has 0 aliphatic rings. The van der Waals surface area contributed by atoms with Gasteiger partial charge < -0.3 is 10.4 Å². The third-order valence-electron chi connectivity index (χ3n) is 2.93. The minimum Gasteiger partial charge on any atom is -0.508 e. The number of nitro benzene ring substituents is 1. The van der Waals surface area contributed by atoms with E-state index < -0.39 is 16.8 Å². The van der Waals surface area contributed by atoms with Gasteiger partial charge in [0.2, 0.25) is 0 Å². The number of halogens is 1. The summed E-state index contributed by atoms with van der Waals surface area (Å²) in [5.74, 6) is -0.492. The average molecular weight is 276 g/mol. The zero-order valence-electron chi connectivity index (χ0n) is 10.7. The van der Waals surface area contributed by atoms with E-state index in [0.717, 1.165) is 18.2 Å². The van der Waals surface area contributed by atoms with Gasteiger partial charge in [0.05, 0.1) is 11.0 Å². The molecule has 0 aliphatic heterocycles. The molecular weight excluding hydrogens is 263 g/mol. The summed E-state index contributed by atoms with van der Waals surface area (Å²) in [4.78, 5) is 10.3. The Morgan fingerprint density at radius 1 is 1.30 bits per heavy atom. The van der Waals surface area contributed by atoms with Crippen molar-refractivity contribution in [2.45, 2.75) is 13.0 Å². The van der Waals surface area contributed by atoms with Gasteiger partial charge in [0.1, 0.15) is 17.3 Å². The van der Waals surface area contributed by atoms with Crippen molar-refractivity contribution in [2.75, 3.05) is 5.32 Å². The van der Waals surface area contributed by atoms with Crippen molar-refractivity contribution < 1.29 is 14.4 Å². The molecule has 20 heavy (non-hydrogen) atoms. The minimum atomic E-state index is -0.584. The molecule has 0 radical (unpaired) electrons. The molecule has 0 amide bonds. The highest BCUT2D eigenvalue weighted by Gasteiger charge is 2.18. The van der Waals surface area contributed by atoms with Gasteiger partial charge in [0.15, 0.2) is 0 Å². The molecule has 2 aromatic rings. The first-order chi connectivity index (χ1) is 9.49. The highest BCUT2D eigenvalue weighted by molar-refractivity contribution is 5.62. The lowest BCUT2D eigenvalue weighted by Gasteiger charge is -2.16. The molecule has 0 aliphatic carbocycles. The van der Waals surface area contributed by atoms with Crippen molar-refractivity contribution in [1.82, 2.24) is 0 Å². The molecule has 2 rings (SSSR count). The quantitative estimate of drug-likeness (QED) is 0.660. The molecule has 1 atom stereocenters. The number of anilines is 1. The first-order valence-corrected chi connectivity index (χ1v) is 5.97. The van der Waals surface area contributed by atoms with Crippen LogP contribution in [0.5, 0.6) is 5.75 Å². The largest absolute Gasteiger partial charge is 0.508 e. The molecule has 2 N–H and O–H groups in total. The molecular formula is C14H13FN2O3. The van der Waals surface area contributed by atoms with Gasteiger partial charge in [-0.05, 0) is 19.1 Å². The van der Waals surface area contributed by atoms with Crippen LogP contribution in [0.2, 0.25) is 0 Å². The molecule has 0 bridgehead atoms. The predicted molar refractivity (Wildman–Crippen MR) is 73.2 cm³/mol. The van der Waals surface area contributed by atoms with Gasteiger partial charge in [-0.1, -0.05) is 18.2 Å². The Labute approximate surface area is 114 Å². The molecule has 5 nitrogen and oxygen atoms in total. The van der Waals surface area contributed by atoms with Crippen molar-refractivity contribution in [3.63, 3.8) is 0 Å². The maximum Gasteiger partial charge on any atom is 0.292 e. The third kappa shape index (κ3) is 2.85. The van der Waals surface area contributed by atoms with Crippen molar-refractivity contribution in [2.24, 2.45) is 0 Å². The number of hydrogen-bond donors (Lipinski definition) is 2. The molecule has 0 saturated carbocycles. The van der Waals surface area contributed by atoms with Gasteiger partial charge in [-0.3, -0.25) is 10.1 Å². The Kier molecular flexibility index (Phi) is 3.84. The number of phenolic OH excluding ortho intramolecular Hbond substituents is 1. The van der Waals surface area contributed by atoms with Crippen LogP contribution in [0.15, 0.2) is 42.5 Å². The van der Waals surface area contributed by atoms with Crippen molar-refractivity contribution in [3.8, 4) is 5.75 Å². The average Bonchev–Trinajstić information content (AvgIpc) is 2.38. The second-order valence-corrected chi connectivity index (χ2v) is 4.34. The zero-order valence-corrected chi connectivity index (χ0v) is 10.7. The Hall–Kier alpha value is -2.63. The fraction of sp³-hybridized carbons (Fsp3) is 0.143. The van der Waals surface area contributed by atoms with Gasteiger partial charge in [0.25, 0.3) is 5.69 Å². The number of nitro groups is 1. The maximum atomic E-state index is 13.2. The summed E-state index contributed by atoms with van der Waals surface area (Å²) in [6.07, 6.45) is 0. The van der Waals surface area contributed by atoms with Crippen LogP contribution in [0.1, 0.15) is 18.5 Å². The van der Waals surface area contributed by atoms with Crippen LogP contribution in [0.25, 0.3) is 0 Å². The number of nitrogens with one attached hydrogen (secondary N) is 1. The van der Waals surface area contributed by atoms with Gasteiger partial charge in [-0.25, -0.2) is 4.39 Å². The molecule has 2 aromatic carbocycles. The summed E-state index contributed by atoms with van der Waals surface area (Å²) >= 11 is 0. The number of para-hydroxylation sites is 1. The van der Waals surface area contributed by atoms with Crippen LogP contribution in [-0.4, -0.2) is 10.0 Å². The Morgan fingerprint density at radius 3 is 2.65 bits per heavy atom. The van der Waals surface area contributed by atoms with E-state index >= 15 is 0 Å². The number of hydrogen-bond acceptors (Lipinski definition) is 4. The monoisotopic (exact) mass is 276 g/mol. The number of phenols is 1. The third-order valence-corrected chi connectivity index (χ3v) is 2.93. The van der Waals surface area contributed by atoms with Gasteiger partial charge in [0, 0.05) is 17.7 Å². The topological polar surface area (TPSA) is 75.4 Å². The van der Waals surface area contributed by atoms with Crippen molar-refractivity contribution in [3.05, 3.63) is 64.0 Å². The maximum absolute atomic E-state index is 13.2. The van der Waals surface area contributed by atoms with E-state index in [1.165, 1.54) is 6.07 Å².